The fraction of sp³-hybridized carbons (Fsp3) is 0.375. The molecule has 1 amide bonds. The van der Waals surface area contributed by atoms with E-state index in [1.165, 1.54) is 0 Å². The highest BCUT2D eigenvalue weighted by atomic mass is 16.1. The van der Waals surface area contributed by atoms with Gasteiger partial charge in [-0.1, -0.05) is 6.92 Å². The van der Waals surface area contributed by atoms with E-state index < -0.39 is 0 Å². The third kappa shape index (κ3) is 3.84. The number of carbonyl (C=O) groups is 1. The van der Waals surface area contributed by atoms with Crippen molar-refractivity contribution in [2.75, 3.05) is 12.4 Å². The SMILES string of the molecule is CCCn1cc(CNc2ccc(C(=O)NC)cc2C)cn1. The molecule has 112 valence electrons. The van der Waals surface area contributed by atoms with Crippen LogP contribution < -0.4 is 10.6 Å². The molecule has 0 bridgehead atoms. The van der Waals surface area contributed by atoms with E-state index in [1.807, 2.05) is 36.0 Å². The van der Waals surface area contributed by atoms with Crippen LogP contribution in [0.4, 0.5) is 5.69 Å². The summed E-state index contributed by atoms with van der Waals surface area (Å²) in [5.74, 6) is -0.0644. The van der Waals surface area contributed by atoms with E-state index in [0.717, 1.165) is 36.3 Å². The number of carbonyl (C=O) groups excluding carboxylic acids is 1. The first-order valence-electron chi connectivity index (χ1n) is 7.22. The molecule has 1 aromatic heterocycles. The smallest absolute Gasteiger partial charge is 0.251 e. The van der Waals surface area contributed by atoms with Crippen LogP contribution in [0.5, 0.6) is 0 Å². The van der Waals surface area contributed by atoms with E-state index in [1.54, 1.807) is 7.05 Å². The summed E-state index contributed by atoms with van der Waals surface area (Å²) < 4.78 is 1.96. The molecule has 1 aromatic carbocycles. The molecule has 0 aliphatic heterocycles. The average Bonchev–Trinajstić information content (AvgIpc) is 2.93. The lowest BCUT2D eigenvalue weighted by Gasteiger charge is -2.10. The lowest BCUT2D eigenvalue weighted by Crippen LogP contribution is -2.17. The van der Waals surface area contributed by atoms with E-state index in [-0.39, 0.29) is 5.91 Å². The van der Waals surface area contributed by atoms with Gasteiger partial charge in [0.2, 0.25) is 0 Å². The quantitative estimate of drug-likeness (QED) is 0.858. The molecule has 5 nitrogen and oxygen atoms in total. The molecule has 0 aliphatic rings. The predicted molar refractivity (Wildman–Crippen MR) is 84.4 cm³/mol. The van der Waals surface area contributed by atoms with Crippen molar-refractivity contribution in [1.29, 1.82) is 0 Å². The van der Waals surface area contributed by atoms with Crippen molar-refractivity contribution in [1.82, 2.24) is 15.1 Å². The van der Waals surface area contributed by atoms with Gasteiger partial charge in [-0.2, -0.15) is 5.10 Å². The molecule has 2 aromatic rings. The van der Waals surface area contributed by atoms with Gasteiger partial charge < -0.3 is 10.6 Å². The number of benzene rings is 1. The normalized spacial score (nSPS) is 10.4. The number of aryl methyl sites for hydroxylation is 2. The standard InChI is InChI=1S/C16H22N4O/c1-4-7-20-11-13(10-19-20)9-18-15-6-5-14(8-12(15)2)16(21)17-3/h5-6,8,10-11,18H,4,7,9H2,1-3H3,(H,17,21). The largest absolute Gasteiger partial charge is 0.381 e. The van der Waals surface area contributed by atoms with Crippen LogP contribution in [-0.2, 0) is 13.1 Å². The maximum absolute atomic E-state index is 11.6. The lowest BCUT2D eigenvalue weighted by molar-refractivity contribution is 0.0963. The Hall–Kier alpha value is -2.30. The minimum absolute atomic E-state index is 0.0644. The van der Waals surface area contributed by atoms with Gasteiger partial charge >= 0.3 is 0 Å². The van der Waals surface area contributed by atoms with E-state index >= 15 is 0 Å². The Kier molecular flexibility index (Phi) is 4.98. The van der Waals surface area contributed by atoms with Gasteiger partial charge in [0.05, 0.1) is 6.20 Å². The number of hydrogen-bond donors (Lipinski definition) is 2. The minimum Gasteiger partial charge on any atom is -0.381 e. The van der Waals surface area contributed by atoms with Crippen LogP contribution >= 0.6 is 0 Å². The van der Waals surface area contributed by atoms with Crippen molar-refractivity contribution in [2.24, 2.45) is 0 Å². The van der Waals surface area contributed by atoms with Gasteiger partial charge in [-0.15, -0.1) is 0 Å². The fourth-order valence-corrected chi connectivity index (χ4v) is 2.19. The van der Waals surface area contributed by atoms with Crippen LogP contribution in [0.2, 0.25) is 0 Å². The summed E-state index contributed by atoms with van der Waals surface area (Å²) in [6.07, 6.45) is 5.02. The van der Waals surface area contributed by atoms with Crippen LogP contribution in [0.3, 0.4) is 0 Å². The maximum atomic E-state index is 11.6. The Bertz CT molecular complexity index is 618. The first-order chi connectivity index (χ1) is 10.1. The number of nitrogens with zero attached hydrogens (tertiary/aromatic N) is 2. The van der Waals surface area contributed by atoms with Crippen LogP contribution in [0.25, 0.3) is 0 Å². The first-order valence-corrected chi connectivity index (χ1v) is 7.22. The number of nitrogens with one attached hydrogen (secondary N) is 2. The molecule has 0 fully saturated rings. The second-order valence-electron chi connectivity index (χ2n) is 5.07. The second-order valence-corrected chi connectivity index (χ2v) is 5.07. The van der Waals surface area contributed by atoms with Gasteiger partial charge in [-0.25, -0.2) is 0 Å². The molecule has 0 unspecified atom stereocenters. The molecule has 0 saturated carbocycles. The molecule has 2 N–H and O–H groups in total. The van der Waals surface area contributed by atoms with Gasteiger partial charge in [0.15, 0.2) is 0 Å². The molecule has 1 heterocycles. The summed E-state index contributed by atoms with van der Waals surface area (Å²) in [6.45, 7) is 5.80. The van der Waals surface area contributed by atoms with E-state index in [9.17, 15) is 4.79 Å². The number of hydrogen-bond acceptors (Lipinski definition) is 3. The van der Waals surface area contributed by atoms with E-state index in [2.05, 4.69) is 28.9 Å². The van der Waals surface area contributed by atoms with Crippen LogP contribution in [-0.4, -0.2) is 22.7 Å². The summed E-state index contributed by atoms with van der Waals surface area (Å²) in [5, 5.41) is 10.3. The summed E-state index contributed by atoms with van der Waals surface area (Å²) in [4.78, 5) is 11.6. The number of anilines is 1. The lowest BCUT2D eigenvalue weighted by atomic mass is 10.1. The number of amides is 1. The van der Waals surface area contributed by atoms with Gasteiger partial charge in [0.25, 0.3) is 5.91 Å². The maximum Gasteiger partial charge on any atom is 0.251 e. The Morgan fingerprint density at radius 2 is 2.19 bits per heavy atom. The highest BCUT2D eigenvalue weighted by Gasteiger charge is 2.06. The zero-order chi connectivity index (χ0) is 15.2. The zero-order valence-electron chi connectivity index (χ0n) is 12.8. The molecular weight excluding hydrogens is 264 g/mol. The third-order valence-corrected chi connectivity index (χ3v) is 3.34. The molecule has 0 spiro atoms. The average molecular weight is 286 g/mol. The van der Waals surface area contributed by atoms with Crippen molar-refractivity contribution in [2.45, 2.75) is 33.4 Å². The summed E-state index contributed by atoms with van der Waals surface area (Å²) >= 11 is 0. The first kappa shape index (κ1) is 15.1. The summed E-state index contributed by atoms with van der Waals surface area (Å²) in [5.41, 5.74) is 3.91. The van der Waals surface area contributed by atoms with Gasteiger partial charge in [-0.05, 0) is 37.1 Å². The summed E-state index contributed by atoms with van der Waals surface area (Å²) in [7, 11) is 1.64. The molecule has 2 rings (SSSR count). The van der Waals surface area contributed by atoms with E-state index in [4.69, 9.17) is 0 Å². The van der Waals surface area contributed by atoms with E-state index in [0.29, 0.717) is 5.56 Å². The molecule has 0 aliphatic carbocycles. The fourth-order valence-electron chi connectivity index (χ4n) is 2.19. The van der Waals surface area contributed by atoms with Crippen LogP contribution in [0.1, 0.15) is 34.8 Å². The zero-order valence-corrected chi connectivity index (χ0v) is 12.8. The second kappa shape index (κ2) is 6.92. The van der Waals surface area contributed by atoms with Gasteiger partial charge in [-0.3, -0.25) is 9.48 Å². The molecule has 0 saturated heterocycles. The molecule has 21 heavy (non-hydrogen) atoms. The highest BCUT2D eigenvalue weighted by Crippen LogP contribution is 2.17. The number of rotatable bonds is 6. The topological polar surface area (TPSA) is 59.0 Å². The highest BCUT2D eigenvalue weighted by molar-refractivity contribution is 5.94. The van der Waals surface area contributed by atoms with Crippen molar-refractivity contribution >= 4 is 11.6 Å². The minimum atomic E-state index is -0.0644. The molecule has 0 atom stereocenters. The summed E-state index contributed by atoms with van der Waals surface area (Å²) in [6, 6.07) is 5.66. The van der Waals surface area contributed by atoms with Crippen molar-refractivity contribution in [3.05, 3.63) is 47.3 Å². The van der Waals surface area contributed by atoms with Crippen LogP contribution in [0, 0.1) is 6.92 Å². The van der Waals surface area contributed by atoms with Crippen molar-refractivity contribution in [3.63, 3.8) is 0 Å². The Morgan fingerprint density at radius 1 is 1.38 bits per heavy atom. The van der Waals surface area contributed by atoms with Crippen molar-refractivity contribution < 1.29 is 4.79 Å². The Labute approximate surface area is 125 Å². The number of aromatic nitrogens is 2. The van der Waals surface area contributed by atoms with Crippen molar-refractivity contribution in [3.8, 4) is 0 Å². The third-order valence-electron chi connectivity index (χ3n) is 3.34. The molecular formula is C16H22N4O. The predicted octanol–water partition coefficient (Wildman–Crippen LogP) is 2.57. The van der Waals surface area contributed by atoms with Gasteiger partial charge in [0.1, 0.15) is 0 Å². The van der Waals surface area contributed by atoms with Crippen LogP contribution in [0.15, 0.2) is 30.6 Å². The Balaban J connectivity index is 2.00. The monoisotopic (exact) mass is 286 g/mol. The molecule has 5 heteroatoms. The molecule has 0 radical (unpaired) electrons. The van der Waals surface area contributed by atoms with Gasteiger partial charge in [0, 0.05) is 43.1 Å². The Morgan fingerprint density at radius 3 is 2.86 bits per heavy atom.